The van der Waals surface area contributed by atoms with E-state index in [4.69, 9.17) is 9.47 Å². The highest BCUT2D eigenvalue weighted by molar-refractivity contribution is 5.69. The van der Waals surface area contributed by atoms with E-state index in [0.29, 0.717) is 11.3 Å². The van der Waals surface area contributed by atoms with E-state index >= 15 is 0 Å². The van der Waals surface area contributed by atoms with Gasteiger partial charge in [-0.15, -0.1) is 0 Å². The van der Waals surface area contributed by atoms with Gasteiger partial charge in [0.15, 0.2) is 0 Å². The maximum atomic E-state index is 12.6. The summed E-state index contributed by atoms with van der Waals surface area (Å²) in [5, 5.41) is 0. The lowest BCUT2D eigenvalue weighted by molar-refractivity contribution is -0.137. The van der Waals surface area contributed by atoms with Gasteiger partial charge in [-0.25, -0.2) is 15.0 Å². The van der Waals surface area contributed by atoms with E-state index in [1.807, 2.05) is 0 Å². The second-order valence-corrected chi connectivity index (χ2v) is 4.89. The van der Waals surface area contributed by atoms with Gasteiger partial charge in [0.2, 0.25) is 11.8 Å². The summed E-state index contributed by atoms with van der Waals surface area (Å²) in [7, 11) is 1.46. The first-order valence-corrected chi connectivity index (χ1v) is 7.14. The van der Waals surface area contributed by atoms with Crippen molar-refractivity contribution in [3.8, 4) is 28.8 Å². The molecule has 0 aliphatic heterocycles. The number of nitrogens with zero attached hydrogens (tertiary/aromatic N) is 3. The summed E-state index contributed by atoms with van der Waals surface area (Å²) in [6, 6.07) is 7.74. The summed E-state index contributed by atoms with van der Waals surface area (Å²) in [5.41, 5.74) is 0.170. The van der Waals surface area contributed by atoms with Gasteiger partial charge in [0.25, 0.3) is 0 Å². The van der Waals surface area contributed by atoms with Crippen LogP contribution in [0.4, 0.5) is 13.2 Å². The minimum atomic E-state index is -4.40. The first kappa shape index (κ1) is 16.7. The smallest absolute Gasteiger partial charge is 0.416 e. The Morgan fingerprint density at radius 1 is 0.840 bits per heavy atom. The number of methoxy groups -OCH3 is 1. The second kappa shape index (κ2) is 6.76. The molecule has 0 amide bonds. The molecule has 0 aliphatic rings. The molecule has 8 heteroatoms. The van der Waals surface area contributed by atoms with Crippen LogP contribution in [0.2, 0.25) is 0 Å². The van der Waals surface area contributed by atoms with Gasteiger partial charge in [-0.3, -0.25) is 0 Å². The number of pyridine rings is 1. The predicted octanol–water partition coefficient (Wildman–Crippen LogP) is 4.36. The molecule has 5 nitrogen and oxygen atoms in total. The van der Waals surface area contributed by atoms with Crippen molar-refractivity contribution in [3.63, 3.8) is 0 Å². The van der Waals surface area contributed by atoms with E-state index in [2.05, 4.69) is 15.0 Å². The Morgan fingerprint density at radius 2 is 1.52 bits per heavy atom. The van der Waals surface area contributed by atoms with Crippen LogP contribution in [0.1, 0.15) is 5.56 Å². The molecule has 0 bridgehead atoms. The van der Waals surface area contributed by atoms with E-state index < -0.39 is 11.7 Å². The first-order valence-electron chi connectivity index (χ1n) is 7.14. The Labute approximate surface area is 141 Å². The van der Waals surface area contributed by atoms with Crippen LogP contribution in [-0.2, 0) is 6.18 Å². The molecule has 0 saturated heterocycles. The van der Waals surface area contributed by atoms with Crippen molar-refractivity contribution in [3.05, 3.63) is 60.6 Å². The van der Waals surface area contributed by atoms with Crippen LogP contribution in [0.3, 0.4) is 0 Å². The Morgan fingerprint density at radius 3 is 2.20 bits per heavy atom. The average molecular weight is 347 g/mol. The van der Waals surface area contributed by atoms with Crippen molar-refractivity contribution >= 4 is 0 Å². The van der Waals surface area contributed by atoms with Crippen molar-refractivity contribution in [2.24, 2.45) is 0 Å². The molecule has 3 aromatic rings. The van der Waals surface area contributed by atoms with Crippen molar-refractivity contribution in [2.45, 2.75) is 6.18 Å². The molecule has 2 heterocycles. The Kier molecular flexibility index (Phi) is 4.51. The number of benzene rings is 1. The molecule has 0 spiro atoms. The maximum Gasteiger partial charge on any atom is 0.416 e. The lowest BCUT2D eigenvalue weighted by atomic mass is 10.2. The van der Waals surface area contributed by atoms with Crippen LogP contribution >= 0.6 is 0 Å². The summed E-state index contributed by atoms with van der Waals surface area (Å²) in [6.45, 7) is 0. The summed E-state index contributed by atoms with van der Waals surface area (Å²) in [4.78, 5) is 12.4. The van der Waals surface area contributed by atoms with E-state index in [-0.39, 0.29) is 17.5 Å². The molecule has 0 fully saturated rings. The molecule has 0 radical (unpaired) electrons. The molecule has 3 rings (SSSR count). The molecular weight excluding hydrogens is 335 g/mol. The van der Waals surface area contributed by atoms with E-state index in [9.17, 15) is 13.2 Å². The van der Waals surface area contributed by atoms with Crippen LogP contribution in [-0.4, -0.2) is 22.1 Å². The average Bonchev–Trinajstić information content (AvgIpc) is 2.62. The largest absolute Gasteiger partial charge is 0.479 e. The summed E-state index contributed by atoms with van der Waals surface area (Å²) in [5.74, 6) is 0.685. The zero-order valence-corrected chi connectivity index (χ0v) is 13.0. The molecule has 0 saturated carbocycles. The van der Waals surface area contributed by atoms with Crippen molar-refractivity contribution in [1.29, 1.82) is 0 Å². The van der Waals surface area contributed by atoms with Crippen LogP contribution in [0.25, 0.3) is 11.3 Å². The van der Waals surface area contributed by atoms with Gasteiger partial charge >= 0.3 is 6.18 Å². The fourth-order valence-corrected chi connectivity index (χ4v) is 2.14. The fraction of sp³-hybridized carbons (Fsp3) is 0.118. The molecule has 128 valence electrons. The van der Waals surface area contributed by atoms with Crippen molar-refractivity contribution in [1.82, 2.24) is 15.0 Å². The zero-order valence-electron chi connectivity index (χ0n) is 13.0. The lowest BCUT2D eigenvalue weighted by Crippen LogP contribution is -2.04. The van der Waals surface area contributed by atoms with Gasteiger partial charge in [0.1, 0.15) is 11.4 Å². The Hall–Kier alpha value is -3.16. The first-order chi connectivity index (χ1) is 12.0. The molecule has 0 aliphatic carbocycles. The number of halogens is 3. The predicted molar refractivity (Wildman–Crippen MR) is 83.3 cm³/mol. The number of alkyl halides is 3. The number of aromatic nitrogens is 3. The quantitative estimate of drug-likeness (QED) is 0.702. The van der Waals surface area contributed by atoms with Crippen molar-refractivity contribution < 1.29 is 22.6 Å². The normalized spacial score (nSPS) is 11.2. The number of ether oxygens (including phenoxy) is 2. The summed E-state index contributed by atoms with van der Waals surface area (Å²) in [6.07, 6.45) is 0.0787. The zero-order chi connectivity index (χ0) is 17.9. The number of rotatable bonds is 4. The van der Waals surface area contributed by atoms with Gasteiger partial charge in [-0.05, 0) is 36.4 Å². The highest BCUT2D eigenvalue weighted by atomic mass is 19.4. The topological polar surface area (TPSA) is 57.1 Å². The minimum absolute atomic E-state index is 0.182. The highest BCUT2D eigenvalue weighted by Gasteiger charge is 2.30. The van der Waals surface area contributed by atoms with Gasteiger partial charge in [-0.1, -0.05) is 0 Å². The van der Waals surface area contributed by atoms with Gasteiger partial charge in [-0.2, -0.15) is 13.2 Å². The monoisotopic (exact) mass is 347 g/mol. The third-order valence-corrected chi connectivity index (χ3v) is 3.28. The molecule has 0 N–H and O–H groups in total. The maximum absolute atomic E-state index is 12.6. The molecule has 1 aromatic carbocycles. The SMILES string of the molecule is COc1nccnc1-c1cccnc1Oc1ccc(C(F)(F)F)cc1. The van der Waals surface area contributed by atoms with Crippen LogP contribution in [0.5, 0.6) is 17.5 Å². The van der Waals surface area contributed by atoms with Gasteiger partial charge in [0.05, 0.1) is 18.2 Å². The van der Waals surface area contributed by atoms with Crippen LogP contribution in [0.15, 0.2) is 55.0 Å². The van der Waals surface area contributed by atoms with Gasteiger partial charge < -0.3 is 9.47 Å². The van der Waals surface area contributed by atoms with Crippen LogP contribution < -0.4 is 9.47 Å². The number of hydrogen-bond donors (Lipinski definition) is 0. The number of hydrogen-bond acceptors (Lipinski definition) is 5. The fourth-order valence-electron chi connectivity index (χ4n) is 2.14. The Bertz CT molecular complexity index is 868. The standard InChI is InChI=1S/C17H12F3N3O2/c1-24-16-14(21-9-10-23-16)13-3-2-8-22-15(13)25-12-6-4-11(5-7-12)17(18,19)20/h2-10H,1H3. The lowest BCUT2D eigenvalue weighted by Gasteiger charge is -2.12. The minimum Gasteiger partial charge on any atom is -0.479 e. The van der Waals surface area contributed by atoms with E-state index in [1.54, 1.807) is 12.1 Å². The Balaban J connectivity index is 1.94. The molecule has 0 atom stereocenters. The summed E-state index contributed by atoms with van der Waals surface area (Å²) < 4.78 is 48.7. The van der Waals surface area contributed by atoms with Gasteiger partial charge in [0, 0.05) is 18.6 Å². The summed E-state index contributed by atoms with van der Waals surface area (Å²) >= 11 is 0. The van der Waals surface area contributed by atoms with Crippen LogP contribution in [0, 0.1) is 0 Å². The molecule has 0 unspecified atom stereocenters. The van der Waals surface area contributed by atoms with E-state index in [0.717, 1.165) is 12.1 Å². The third-order valence-electron chi connectivity index (χ3n) is 3.28. The molecule has 25 heavy (non-hydrogen) atoms. The molecule has 2 aromatic heterocycles. The second-order valence-electron chi connectivity index (χ2n) is 4.89. The molecular formula is C17H12F3N3O2. The highest BCUT2D eigenvalue weighted by Crippen LogP contribution is 2.35. The van der Waals surface area contributed by atoms with Crippen molar-refractivity contribution in [2.75, 3.05) is 7.11 Å². The third kappa shape index (κ3) is 3.68. The van der Waals surface area contributed by atoms with E-state index in [1.165, 1.54) is 37.8 Å².